The maximum absolute atomic E-state index is 13.0. The zero-order valence-electron chi connectivity index (χ0n) is 16.3. The molecule has 2 aromatic heterocycles. The summed E-state index contributed by atoms with van der Waals surface area (Å²) in [5.41, 5.74) is 0.127. The average Bonchev–Trinajstić information content (AvgIpc) is 3.51. The first kappa shape index (κ1) is 19.8. The lowest BCUT2D eigenvalue weighted by Crippen LogP contribution is -2.28. The minimum atomic E-state index is -0.878. The number of benzene rings is 1. The first-order valence-corrected chi connectivity index (χ1v) is 10.00. The predicted octanol–water partition coefficient (Wildman–Crippen LogP) is 3.98. The van der Waals surface area contributed by atoms with E-state index in [0.29, 0.717) is 17.3 Å². The topological polar surface area (TPSA) is 89.2 Å². The highest BCUT2D eigenvalue weighted by atomic mass is 32.1. The van der Waals surface area contributed by atoms with Gasteiger partial charge in [0, 0.05) is 4.88 Å². The molecule has 1 saturated heterocycles. The van der Waals surface area contributed by atoms with Crippen molar-refractivity contribution in [2.24, 2.45) is 0 Å². The second-order valence-electron chi connectivity index (χ2n) is 6.56. The van der Waals surface area contributed by atoms with Gasteiger partial charge in [-0.25, -0.2) is 0 Å². The van der Waals surface area contributed by atoms with E-state index in [-0.39, 0.29) is 23.4 Å². The standard InChI is InChI=1S/C22H19NO6S/c1-27-14-7-3-8-15(28-2)17(14)20(24)18-19(16-9-4-10-29-16)23(22(26)21(18)25)12-13-6-5-11-30-13/h3-11,19,24H,12H2,1-2H3/b20-18+. The van der Waals surface area contributed by atoms with Crippen LogP contribution in [0.25, 0.3) is 5.76 Å². The smallest absolute Gasteiger partial charge is 0.296 e. The van der Waals surface area contributed by atoms with Crippen molar-refractivity contribution in [3.05, 3.63) is 75.9 Å². The van der Waals surface area contributed by atoms with Crippen LogP contribution in [0.1, 0.15) is 22.2 Å². The van der Waals surface area contributed by atoms with Gasteiger partial charge in [0.15, 0.2) is 0 Å². The van der Waals surface area contributed by atoms with E-state index in [9.17, 15) is 14.7 Å². The van der Waals surface area contributed by atoms with Gasteiger partial charge in [0.05, 0.1) is 32.6 Å². The fraction of sp³-hybridized carbons (Fsp3) is 0.182. The lowest BCUT2D eigenvalue weighted by molar-refractivity contribution is -0.140. The number of rotatable bonds is 6. The number of ketones is 1. The number of aliphatic hydroxyl groups is 1. The average molecular weight is 425 g/mol. The van der Waals surface area contributed by atoms with Crippen molar-refractivity contribution >= 4 is 28.8 Å². The third-order valence-corrected chi connectivity index (χ3v) is 5.78. The number of carbonyl (C=O) groups excluding carboxylic acids is 2. The summed E-state index contributed by atoms with van der Waals surface area (Å²) in [7, 11) is 2.90. The molecule has 1 amide bonds. The molecule has 154 valence electrons. The Kier molecular flexibility index (Phi) is 5.33. The van der Waals surface area contributed by atoms with E-state index in [2.05, 4.69) is 0 Å². The molecule has 1 aromatic carbocycles. The monoisotopic (exact) mass is 425 g/mol. The third kappa shape index (κ3) is 3.25. The quantitative estimate of drug-likeness (QED) is 0.365. The van der Waals surface area contributed by atoms with Gasteiger partial charge in [-0.15, -0.1) is 11.3 Å². The highest BCUT2D eigenvalue weighted by molar-refractivity contribution is 7.09. The molecule has 0 radical (unpaired) electrons. The van der Waals surface area contributed by atoms with E-state index >= 15 is 0 Å². The summed E-state index contributed by atoms with van der Waals surface area (Å²) >= 11 is 1.48. The molecule has 1 unspecified atom stereocenters. The molecule has 0 spiro atoms. The van der Waals surface area contributed by atoms with Crippen LogP contribution in [0.2, 0.25) is 0 Å². The van der Waals surface area contributed by atoms with Crippen molar-refractivity contribution in [1.82, 2.24) is 4.90 Å². The normalized spacial score (nSPS) is 18.1. The number of amides is 1. The molecule has 4 rings (SSSR count). The molecule has 30 heavy (non-hydrogen) atoms. The first-order valence-electron chi connectivity index (χ1n) is 9.12. The maximum atomic E-state index is 13.0. The van der Waals surface area contributed by atoms with Gasteiger partial charge in [-0.1, -0.05) is 12.1 Å². The second-order valence-corrected chi connectivity index (χ2v) is 7.59. The Morgan fingerprint density at radius 2 is 1.83 bits per heavy atom. The maximum Gasteiger partial charge on any atom is 0.296 e. The van der Waals surface area contributed by atoms with Gasteiger partial charge in [-0.2, -0.15) is 0 Å². The van der Waals surface area contributed by atoms with Crippen molar-refractivity contribution in [2.45, 2.75) is 12.6 Å². The number of carbonyl (C=O) groups is 2. The number of nitrogens with zero attached hydrogens (tertiary/aromatic N) is 1. The minimum absolute atomic E-state index is 0.0747. The first-order chi connectivity index (χ1) is 14.6. The summed E-state index contributed by atoms with van der Waals surface area (Å²) in [5.74, 6) is -0.874. The Bertz CT molecular complexity index is 1080. The number of aliphatic hydroxyl groups excluding tert-OH is 1. The number of hydrogen-bond acceptors (Lipinski definition) is 7. The van der Waals surface area contributed by atoms with Crippen molar-refractivity contribution < 1.29 is 28.6 Å². The van der Waals surface area contributed by atoms with Crippen LogP contribution in [-0.2, 0) is 16.1 Å². The second kappa shape index (κ2) is 8.08. The minimum Gasteiger partial charge on any atom is -0.506 e. The summed E-state index contributed by atoms with van der Waals surface area (Å²) in [6, 6.07) is 11.2. The molecule has 1 aliphatic heterocycles. The van der Waals surface area contributed by atoms with Gasteiger partial charge >= 0.3 is 0 Å². The fourth-order valence-corrected chi connectivity index (χ4v) is 4.28. The zero-order valence-corrected chi connectivity index (χ0v) is 17.1. The lowest BCUT2D eigenvalue weighted by atomic mass is 9.98. The molecule has 7 nitrogen and oxygen atoms in total. The Hall–Kier alpha value is -3.52. The molecule has 1 atom stereocenters. The summed E-state index contributed by atoms with van der Waals surface area (Å²) in [6.07, 6.45) is 1.46. The third-order valence-electron chi connectivity index (χ3n) is 4.92. The van der Waals surface area contributed by atoms with Crippen LogP contribution in [-0.4, -0.2) is 35.9 Å². The Balaban J connectivity index is 1.91. The summed E-state index contributed by atoms with van der Waals surface area (Å²) in [6.45, 7) is 0.216. The van der Waals surface area contributed by atoms with E-state index in [4.69, 9.17) is 13.9 Å². The molecular formula is C22H19NO6S. The van der Waals surface area contributed by atoms with Crippen molar-refractivity contribution in [2.75, 3.05) is 14.2 Å². The van der Waals surface area contributed by atoms with Crippen LogP contribution in [0.5, 0.6) is 11.5 Å². The number of Topliss-reactive ketones (excluding diaryl/α,β-unsaturated/α-hetero) is 1. The van der Waals surface area contributed by atoms with Crippen LogP contribution in [0.3, 0.4) is 0 Å². The molecular weight excluding hydrogens is 406 g/mol. The van der Waals surface area contributed by atoms with Crippen LogP contribution in [0, 0.1) is 0 Å². The highest BCUT2D eigenvalue weighted by Crippen LogP contribution is 2.44. The van der Waals surface area contributed by atoms with Crippen molar-refractivity contribution in [3.8, 4) is 11.5 Å². The summed E-state index contributed by atoms with van der Waals surface area (Å²) < 4.78 is 16.3. The van der Waals surface area contributed by atoms with Crippen LogP contribution < -0.4 is 9.47 Å². The van der Waals surface area contributed by atoms with Crippen molar-refractivity contribution in [1.29, 1.82) is 0 Å². The van der Waals surface area contributed by atoms with E-state index < -0.39 is 17.7 Å². The number of methoxy groups -OCH3 is 2. The largest absolute Gasteiger partial charge is 0.506 e. The molecule has 3 aromatic rings. The van der Waals surface area contributed by atoms with Crippen LogP contribution >= 0.6 is 11.3 Å². The Morgan fingerprint density at radius 1 is 1.10 bits per heavy atom. The molecule has 0 bridgehead atoms. The highest BCUT2D eigenvalue weighted by Gasteiger charge is 2.48. The molecule has 3 heterocycles. The van der Waals surface area contributed by atoms with Crippen LogP contribution in [0.15, 0.2) is 64.1 Å². The lowest BCUT2D eigenvalue weighted by Gasteiger charge is -2.23. The van der Waals surface area contributed by atoms with Crippen molar-refractivity contribution in [3.63, 3.8) is 0 Å². The van der Waals surface area contributed by atoms with E-state index in [1.165, 1.54) is 36.7 Å². The number of hydrogen-bond donors (Lipinski definition) is 1. The molecule has 1 aliphatic rings. The number of thiophene rings is 1. The SMILES string of the molecule is COc1cccc(OC)c1/C(O)=C1\C(=O)C(=O)N(Cc2cccs2)C1c1ccco1. The van der Waals surface area contributed by atoms with Gasteiger partial charge in [0.2, 0.25) is 0 Å². The summed E-state index contributed by atoms with van der Waals surface area (Å²) in [4.78, 5) is 28.3. The number of likely N-dealkylation sites (tertiary alicyclic amines) is 1. The van der Waals surface area contributed by atoms with E-state index in [1.807, 2.05) is 17.5 Å². The number of furan rings is 1. The van der Waals surface area contributed by atoms with E-state index in [1.54, 1.807) is 30.3 Å². The molecule has 1 fully saturated rings. The molecule has 0 saturated carbocycles. The van der Waals surface area contributed by atoms with Gasteiger partial charge in [0.25, 0.3) is 11.7 Å². The van der Waals surface area contributed by atoms with E-state index in [0.717, 1.165) is 4.88 Å². The molecule has 0 aliphatic carbocycles. The zero-order chi connectivity index (χ0) is 21.3. The predicted molar refractivity (Wildman–Crippen MR) is 110 cm³/mol. The van der Waals surface area contributed by atoms with Gasteiger partial charge in [0.1, 0.15) is 34.6 Å². The van der Waals surface area contributed by atoms with Gasteiger partial charge in [-0.05, 0) is 35.7 Å². The molecule has 1 N–H and O–H groups in total. The Labute approximate surface area is 176 Å². The number of ether oxygens (including phenoxy) is 2. The molecule has 8 heteroatoms. The van der Waals surface area contributed by atoms with Gasteiger partial charge < -0.3 is 23.9 Å². The summed E-state index contributed by atoms with van der Waals surface area (Å²) in [5, 5.41) is 13.1. The van der Waals surface area contributed by atoms with Crippen LogP contribution in [0.4, 0.5) is 0 Å². The van der Waals surface area contributed by atoms with Gasteiger partial charge in [-0.3, -0.25) is 9.59 Å². The fourth-order valence-electron chi connectivity index (χ4n) is 3.58. The Morgan fingerprint density at radius 3 is 2.40 bits per heavy atom.